The molecule has 0 spiro atoms. The molecule has 1 aromatic rings. The molecule has 4 nitrogen and oxygen atoms in total. The third-order valence-corrected chi connectivity index (χ3v) is 3.28. The molecule has 1 aliphatic carbocycles. The molecule has 0 bridgehead atoms. The van der Waals surface area contributed by atoms with Crippen molar-refractivity contribution in [3.8, 4) is 11.5 Å². The van der Waals surface area contributed by atoms with Crippen molar-refractivity contribution in [1.29, 1.82) is 0 Å². The van der Waals surface area contributed by atoms with Crippen LogP contribution in [0, 0.1) is 5.92 Å². The summed E-state index contributed by atoms with van der Waals surface area (Å²) < 4.78 is 10.4. The van der Waals surface area contributed by atoms with Gasteiger partial charge >= 0.3 is 7.32 Å². The average molecular weight is 250 g/mol. The molecule has 2 rings (SSSR count). The normalized spacial score (nSPS) is 16.3. The minimum absolute atomic E-state index is 0.412. The summed E-state index contributed by atoms with van der Waals surface area (Å²) in [5.41, 5.74) is 0. The lowest BCUT2D eigenvalue weighted by atomic mass is 9.90. The van der Waals surface area contributed by atoms with Crippen LogP contribution in [0.2, 0.25) is 0 Å². The monoisotopic (exact) mass is 250 g/mol. The molecular formula is C13H19BO4. The molecule has 0 unspecified atom stereocenters. The van der Waals surface area contributed by atoms with Gasteiger partial charge in [0.15, 0.2) is 0 Å². The van der Waals surface area contributed by atoms with E-state index in [0.717, 1.165) is 12.4 Å². The van der Waals surface area contributed by atoms with E-state index in [9.17, 15) is 0 Å². The molecule has 1 fully saturated rings. The van der Waals surface area contributed by atoms with Gasteiger partial charge in [-0.25, -0.2) is 0 Å². The van der Waals surface area contributed by atoms with E-state index in [1.54, 1.807) is 24.3 Å². The van der Waals surface area contributed by atoms with Gasteiger partial charge in [-0.15, -0.1) is 0 Å². The molecule has 0 saturated heterocycles. The van der Waals surface area contributed by atoms with Crippen molar-refractivity contribution < 1.29 is 19.4 Å². The second kappa shape index (κ2) is 6.66. The highest BCUT2D eigenvalue weighted by Gasteiger charge is 2.14. The number of hydrogen-bond donors (Lipinski definition) is 2. The zero-order chi connectivity index (χ0) is 12.8. The van der Waals surface area contributed by atoms with Crippen LogP contribution in [0.25, 0.3) is 0 Å². The van der Waals surface area contributed by atoms with Crippen LogP contribution in [0.4, 0.5) is 0 Å². The first-order chi connectivity index (χ1) is 8.74. The van der Waals surface area contributed by atoms with Crippen molar-refractivity contribution in [1.82, 2.24) is 0 Å². The zero-order valence-corrected chi connectivity index (χ0v) is 10.4. The van der Waals surface area contributed by atoms with Crippen LogP contribution in [-0.2, 0) is 0 Å². The van der Waals surface area contributed by atoms with Crippen LogP contribution in [0.1, 0.15) is 32.1 Å². The Morgan fingerprint density at radius 1 is 1.00 bits per heavy atom. The molecule has 0 radical (unpaired) electrons. The van der Waals surface area contributed by atoms with Gasteiger partial charge < -0.3 is 19.4 Å². The smallest absolute Gasteiger partial charge is 0.512 e. The van der Waals surface area contributed by atoms with Crippen molar-refractivity contribution in [2.45, 2.75) is 32.1 Å². The van der Waals surface area contributed by atoms with Crippen molar-refractivity contribution >= 4 is 7.32 Å². The van der Waals surface area contributed by atoms with Crippen molar-refractivity contribution in [3.63, 3.8) is 0 Å². The van der Waals surface area contributed by atoms with E-state index in [4.69, 9.17) is 19.4 Å². The summed E-state index contributed by atoms with van der Waals surface area (Å²) in [7, 11) is -1.78. The van der Waals surface area contributed by atoms with Gasteiger partial charge in [0.1, 0.15) is 11.5 Å². The summed E-state index contributed by atoms with van der Waals surface area (Å²) in [6.45, 7) is 0.767. The summed E-state index contributed by atoms with van der Waals surface area (Å²) in [5.74, 6) is 1.88. The van der Waals surface area contributed by atoms with Crippen molar-refractivity contribution in [2.24, 2.45) is 5.92 Å². The minimum Gasteiger partial charge on any atom is -0.512 e. The Bertz CT molecular complexity index is 347. The second-order valence-electron chi connectivity index (χ2n) is 4.73. The Labute approximate surface area is 108 Å². The lowest BCUT2D eigenvalue weighted by Crippen LogP contribution is -2.20. The largest absolute Gasteiger partial charge is 0.707 e. The van der Waals surface area contributed by atoms with E-state index in [0.29, 0.717) is 11.7 Å². The quantitative estimate of drug-likeness (QED) is 0.784. The Morgan fingerprint density at radius 3 is 2.22 bits per heavy atom. The predicted molar refractivity (Wildman–Crippen MR) is 69.3 cm³/mol. The molecule has 2 N–H and O–H groups in total. The van der Waals surface area contributed by atoms with E-state index in [-0.39, 0.29) is 0 Å². The van der Waals surface area contributed by atoms with Gasteiger partial charge in [0.2, 0.25) is 0 Å². The van der Waals surface area contributed by atoms with E-state index in [1.165, 1.54) is 32.1 Å². The lowest BCUT2D eigenvalue weighted by molar-refractivity contribution is 0.208. The number of hydrogen-bond acceptors (Lipinski definition) is 4. The summed E-state index contributed by atoms with van der Waals surface area (Å²) >= 11 is 0. The molecule has 18 heavy (non-hydrogen) atoms. The summed E-state index contributed by atoms with van der Waals surface area (Å²) in [6.07, 6.45) is 6.51. The topological polar surface area (TPSA) is 58.9 Å². The highest BCUT2D eigenvalue weighted by Crippen LogP contribution is 2.25. The highest BCUT2D eigenvalue weighted by molar-refractivity contribution is 6.33. The van der Waals surface area contributed by atoms with Crippen LogP contribution in [0.3, 0.4) is 0 Å². The average Bonchev–Trinajstić information content (AvgIpc) is 2.38. The molecule has 0 heterocycles. The maximum Gasteiger partial charge on any atom is 0.707 e. The number of benzene rings is 1. The molecule has 5 heteroatoms. The van der Waals surface area contributed by atoms with Crippen LogP contribution in [0.5, 0.6) is 11.5 Å². The van der Waals surface area contributed by atoms with E-state index < -0.39 is 7.32 Å². The molecule has 1 saturated carbocycles. The Hall–Kier alpha value is -1.20. The molecule has 0 aromatic heterocycles. The van der Waals surface area contributed by atoms with Crippen molar-refractivity contribution in [2.75, 3.05) is 6.61 Å². The van der Waals surface area contributed by atoms with Crippen LogP contribution >= 0.6 is 0 Å². The molecular weight excluding hydrogens is 231 g/mol. The minimum atomic E-state index is -1.78. The van der Waals surface area contributed by atoms with Crippen LogP contribution in [-0.4, -0.2) is 24.0 Å². The van der Waals surface area contributed by atoms with E-state index >= 15 is 0 Å². The van der Waals surface area contributed by atoms with Gasteiger partial charge in [-0.3, -0.25) is 0 Å². The van der Waals surface area contributed by atoms with Crippen molar-refractivity contribution in [3.05, 3.63) is 24.3 Å². The Balaban J connectivity index is 1.78. The first kappa shape index (κ1) is 13.2. The number of ether oxygens (including phenoxy) is 1. The van der Waals surface area contributed by atoms with Gasteiger partial charge in [0, 0.05) is 0 Å². The summed E-state index contributed by atoms with van der Waals surface area (Å²) in [6, 6.07) is 6.88. The van der Waals surface area contributed by atoms with Crippen LogP contribution < -0.4 is 9.39 Å². The fourth-order valence-electron chi connectivity index (χ4n) is 2.30. The molecule has 98 valence electrons. The standard InChI is InChI=1S/C13H19BO4/c15-14(16)18-13-8-6-12(7-9-13)17-10-11-4-2-1-3-5-11/h6-9,11,15-16H,1-5,10H2. The molecule has 0 atom stereocenters. The van der Waals surface area contributed by atoms with Gasteiger partial charge in [0.05, 0.1) is 6.61 Å². The summed E-state index contributed by atoms with van der Waals surface area (Å²) in [4.78, 5) is 0. The Kier molecular flexibility index (Phi) is 4.90. The van der Waals surface area contributed by atoms with E-state index in [1.807, 2.05) is 0 Å². The molecule has 1 aliphatic rings. The zero-order valence-electron chi connectivity index (χ0n) is 10.4. The second-order valence-corrected chi connectivity index (χ2v) is 4.73. The third kappa shape index (κ3) is 4.24. The summed E-state index contributed by atoms with van der Waals surface area (Å²) in [5, 5.41) is 17.3. The highest BCUT2D eigenvalue weighted by atomic mass is 16.6. The van der Waals surface area contributed by atoms with Crippen LogP contribution in [0.15, 0.2) is 24.3 Å². The maximum absolute atomic E-state index is 8.65. The SMILES string of the molecule is OB(O)Oc1ccc(OCC2CCCCC2)cc1. The lowest BCUT2D eigenvalue weighted by Gasteiger charge is -2.21. The Morgan fingerprint density at radius 2 is 1.61 bits per heavy atom. The third-order valence-electron chi connectivity index (χ3n) is 3.28. The van der Waals surface area contributed by atoms with Gasteiger partial charge in [-0.05, 0) is 43.0 Å². The molecule has 0 amide bonds. The molecule has 0 aliphatic heterocycles. The number of rotatable bonds is 5. The fourth-order valence-corrected chi connectivity index (χ4v) is 2.30. The predicted octanol–water partition coefficient (Wildman–Crippen LogP) is 1.99. The first-order valence-corrected chi connectivity index (χ1v) is 6.50. The molecule has 1 aromatic carbocycles. The van der Waals surface area contributed by atoms with Gasteiger partial charge in [0.25, 0.3) is 0 Å². The maximum atomic E-state index is 8.65. The van der Waals surface area contributed by atoms with E-state index in [2.05, 4.69) is 0 Å². The van der Waals surface area contributed by atoms with Gasteiger partial charge in [-0.1, -0.05) is 19.3 Å². The first-order valence-electron chi connectivity index (χ1n) is 6.50. The van der Waals surface area contributed by atoms with Gasteiger partial charge in [-0.2, -0.15) is 0 Å². The fraction of sp³-hybridized carbons (Fsp3) is 0.538.